The second kappa shape index (κ2) is 7.26. The van der Waals surface area contributed by atoms with Crippen molar-refractivity contribution in [2.45, 2.75) is 26.3 Å². The van der Waals surface area contributed by atoms with Gasteiger partial charge < -0.3 is 10.4 Å². The predicted molar refractivity (Wildman–Crippen MR) is 79.6 cm³/mol. The van der Waals surface area contributed by atoms with Gasteiger partial charge in [-0.3, -0.25) is 4.79 Å². The van der Waals surface area contributed by atoms with E-state index in [-0.39, 0.29) is 18.6 Å². The van der Waals surface area contributed by atoms with Crippen molar-refractivity contribution in [1.29, 1.82) is 0 Å². The van der Waals surface area contributed by atoms with Crippen molar-refractivity contribution in [3.8, 4) is 0 Å². The minimum Gasteiger partial charge on any atom is -0.394 e. The maximum Gasteiger partial charge on any atom is 0.251 e. The molecule has 0 spiro atoms. The molecule has 3 nitrogen and oxygen atoms in total. The van der Waals surface area contributed by atoms with Crippen LogP contribution in [0.15, 0.2) is 27.1 Å². The zero-order valence-corrected chi connectivity index (χ0v) is 13.6. The molecule has 0 aliphatic heterocycles. The van der Waals surface area contributed by atoms with Crippen molar-refractivity contribution in [3.05, 3.63) is 32.7 Å². The highest BCUT2D eigenvalue weighted by atomic mass is 79.9. The fourth-order valence-electron chi connectivity index (χ4n) is 1.70. The summed E-state index contributed by atoms with van der Waals surface area (Å²) in [5.41, 5.74) is 0.568. The molecule has 0 bridgehead atoms. The molecule has 100 valence electrons. The SMILES string of the molecule is CC(C)CC(CO)NC(=O)c1cc(Br)cc(Br)c1. The summed E-state index contributed by atoms with van der Waals surface area (Å²) in [5.74, 6) is 0.258. The number of carbonyl (C=O) groups is 1. The zero-order valence-electron chi connectivity index (χ0n) is 10.4. The largest absolute Gasteiger partial charge is 0.394 e. The van der Waals surface area contributed by atoms with Crippen LogP contribution in [-0.2, 0) is 0 Å². The Bertz CT molecular complexity index is 401. The summed E-state index contributed by atoms with van der Waals surface area (Å²) in [6, 6.07) is 5.18. The Morgan fingerprint density at radius 1 is 1.28 bits per heavy atom. The van der Waals surface area contributed by atoms with Crippen LogP contribution in [0.25, 0.3) is 0 Å². The molecular weight excluding hydrogens is 362 g/mol. The fourth-order valence-corrected chi connectivity index (χ4v) is 3.00. The van der Waals surface area contributed by atoms with Crippen molar-refractivity contribution in [2.24, 2.45) is 5.92 Å². The molecule has 1 aromatic rings. The second-order valence-corrected chi connectivity index (χ2v) is 6.47. The van der Waals surface area contributed by atoms with Crippen LogP contribution in [0.3, 0.4) is 0 Å². The van der Waals surface area contributed by atoms with E-state index >= 15 is 0 Å². The van der Waals surface area contributed by atoms with Gasteiger partial charge in [-0.2, -0.15) is 0 Å². The highest BCUT2D eigenvalue weighted by Gasteiger charge is 2.15. The molecule has 0 saturated heterocycles. The summed E-state index contributed by atoms with van der Waals surface area (Å²) in [4.78, 5) is 12.0. The molecule has 0 fully saturated rings. The van der Waals surface area contributed by atoms with Gasteiger partial charge in [0.2, 0.25) is 0 Å². The molecule has 1 rings (SSSR count). The van der Waals surface area contributed by atoms with Crippen LogP contribution in [-0.4, -0.2) is 23.7 Å². The Morgan fingerprint density at radius 2 is 1.83 bits per heavy atom. The molecule has 0 aliphatic carbocycles. The first kappa shape index (κ1) is 15.7. The standard InChI is InChI=1S/C13H17Br2NO2/c1-8(2)3-12(7-17)16-13(18)9-4-10(14)6-11(15)5-9/h4-6,8,12,17H,3,7H2,1-2H3,(H,16,18). The average molecular weight is 379 g/mol. The maximum absolute atomic E-state index is 12.0. The lowest BCUT2D eigenvalue weighted by Crippen LogP contribution is -2.38. The Kier molecular flexibility index (Phi) is 6.32. The van der Waals surface area contributed by atoms with Crippen molar-refractivity contribution < 1.29 is 9.90 Å². The topological polar surface area (TPSA) is 49.3 Å². The second-order valence-electron chi connectivity index (χ2n) is 4.64. The van der Waals surface area contributed by atoms with E-state index in [9.17, 15) is 9.90 Å². The van der Waals surface area contributed by atoms with Gasteiger partial charge in [-0.05, 0) is 30.5 Å². The Morgan fingerprint density at radius 3 is 2.28 bits per heavy atom. The molecule has 0 saturated carbocycles. The quantitative estimate of drug-likeness (QED) is 0.825. The molecule has 0 radical (unpaired) electrons. The fraction of sp³-hybridized carbons (Fsp3) is 0.462. The Balaban J connectivity index is 2.74. The lowest BCUT2D eigenvalue weighted by Gasteiger charge is -2.18. The number of aliphatic hydroxyl groups excluding tert-OH is 1. The number of halogens is 2. The lowest BCUT2D eigenvalue weighted by molar-refractivity contribution is 0.0908. The van der Waals surface area contributed by atoms with E-state index in [1.165, 1.54) is 0 Å². The van der Waals surface area contributed by atoms with E-state index < -0.39 is 0 Å². The van der Waals surface area contributed by atoms with E-state index in [0.717, 1.165) is 15.4 Å². The zero-order chi connectivity index (χ0) is 13.7. The average Bonchev–Trinajstić information content (AvgIpc) is 2.26. The predicted octanol–water partition coefficient (Wildman–Crippen LogP) is 3.35. The number of benzene rings is 1. The van der Waals surface area contributed by atoms with Gasteiger partial charge >= 0.3 is 0 Å². The third kappa shape index (κ3) is 5.08. The summed E-state index contributed by atoms with van der Waals surface area (Å²) >= 11 is 6.69. The van der Waals surface area contributed by atoms with Crippen molar-refractivity contribution in [2.75, 3.05) is 6.61 Å². The number of amides is 1. The van der Waals surface area contributed by atoms with Gasteiger partial charge in [-0.25, -0.2) is 0 Å². The summed E-state index contributed by atoms with van der Waals surface area (Å²) < 4.78 is 1.68. The molecule has 2 N–H and O–H groups in total. The summed E-state index contributed by atoms with van der Waals surface area (Å²) in [7, 11) is 0. The summed E-state index contributed by atoms with van der Waals surface area (Å²) in [6.07, 6.45) is 0.761. The first-order chi connectivity index (χ1) is 8.42. The normalized spacial score (nSPS) is 12.6. The molecule has 18 heavy (non-hydrogen) atoms. The lowest BCUT2D eigenvalue weighted by atomic mass is 10.0. The van der Waals surface area contributed by atoms with Crippen LogP contribution in [0.5, 0.6) is 0 Å². The monoisotopic (exact) mass is 377 g/mol. The molecule has 5 heteroatoms. The van der Waals surface area contributed by atoms with Gasteiger partial charge in [0.15, 0.2) is 0 Å². The third-order valence-corrected chi connectivity index (χ3v) is 3.35. The molecule has 1 aromatic carbocycles. The minimum atomic E-state index is -0.199. The number of hydrogen-bond donors (Lipinski definition) is 2. The van der Waals surface area contributed by atoms with Crippen molar-refractivity contribution in [3.63, 3.8) is 0 Å². The van der Waals surface area contributed by atoms with Gasteiger partial charge in [0, 0.05) is 14.5 Å². The molecule has 0 aromatic heterocycles. The van der Waals surface area contributed by atoms with E-state index in [0.29, 0.717) is 11.5 Å². The van der Waals surface area contributed by atoms with Gasteiger partial charge in [0.1, 0.15) is 0 Å². The van der Waals surface area contributed by atoms with E-state index in [2.05, 4.69) is 51.0 Å². The third-order valence-electron chi connectivity index (χ3n) is 2.44. The van der Waals surface area contributed by atoms with Gasteiger partial charge in [0.25, 0.3) is 5.91 Å². The number of aliphatic hydroxyl groups is 1. The van der Waals surface area contributed by atoms with Crippen LogP contribution in [0.1, 0.15) is 30.6 Å². The highest BCUT2D eigenvalue weighted by Crippen LogP contribution is 2.20. The smallest absolute Gasteiger partial charge is 0.251 e. The van der Waals surface area contributed by atoms with Crippen molar-refractivity contribution >= 4 is 37.8 Å². The van der Waals surface area contributed by atoms with Crippen LogP contribution < -0.4 is 5.32 Å². The van der Waals surface area contributed by atoms with E-state index in [1.54, 1.807) is 12.1 Å². The van der Waals surface area contributed by atoms with Gasteiger partial charge in [0.05, 0.1) is 12.6 Å². The van der Waals surface area contributed by atoms with E-state index in [4.69, 9.17) is 0 Å². The number of rotatable bonds is 5. The maximum atomic E-state index is 12.0. The van der Waals surface area contributed by atoms with Crippen molar-refractivity contribution in [1.82, 2.24) is 5.32 Å². The Hall–Kier alpha value is -0.390. The first-order valence-electron chi connectivity index (χ1n) is 5.80. The molecule has 1 unspecified atom stereocenters. The highest BCUT2D eigenvalue weighted by molar-refractivity contribution is 9.11. The minimum absolute atomic E-state index is 0.0426. The van der Waals surface area contributed by atoms with Gasteiger partial charge in [-0.1, -0.05) is 45.7 Å². The summed E-state index contributed by atoms with van der Waals surface area (Å²) in [6.45, 7) is 4.08. The van der Waals surface area contributed by atoms with Crippen LogP contribution in [0.4, 0.5) is 0 Å². The summed E-state index contributed by atoms with van der Waals surface area (Å²) in [5, 5.41) is 12.1. The van der Waals surface area contributed by atoms with Gasteiger partial charge in [-0.15, -0.1) is 0 Å². The number of carbonyl (C=O) groups excluding carboxylic acids is 1. The molecule has 0 aliphatic rings. The molecule has 1 amide bonds. The van der Waals surface area contributed by atoms with Crippen LogP contribution in [0, 0.1) is 5.92 Å². The van der Waals surface area contributed by atoms with Crippen LogP contribution in [0.2, 0.25) is 0 Å². The molecular formula is C13H17Br2NO2. The number of nitrogens with one attached hydrogen (secondary N) is 1. The van der Waals surface area contributed by atoms with E-state index in [1.807, 2.05) is 6.07 Å². The first-order valence-corrected chi connectivity index (χ1v) is 7.38. The number of hydrogen-bond acceptors (Lipinski definition) is 2. The Labute approximate surface area is 124 Å². The molecule has 0 heterocycles. The van der Waals surface area contributed by atoms with Crippen LogP contribution >= 0.6 is 31.9 Å². The molecule has 1 atom stereocenters.